The molecule has 2 aromatic heterocycles. The van der Waals surface area contributed by atoms with E-state index in [4.69, 9.17) is 4.42 Å². The maximum atomic E-state index is 12.8. The zero-order chi connectivity index (χ0) is 24.5. The maximum Gasteiger partial charge on any atom is 0.294 e. The van der Waals surface area contributed by atoms with Gasteiger partial charge in [-0.1, -0.05) is 30.3 Å². The molecule has 0 atom stereocenters. The molecule has 1 saturated heterocycles. The normalized spacial score (nSPS) is 14.9. The second-order valence-corrected chi connectivity index (χ2v) is 9.89. The van der Waals surface area contributed by atoms with E-state index in [1.807, 2.05) is 56.3 Å². The van der Waals surface area contributed by atoms with Crippen LogP contribution in [0.5, 0.6) is 0 Å². The lowest BCUT2D eigenvalue weighted by atomic mass is 10.1. The number of anilines is 1. The lowest BCUT2D eigenvalue weighted by molar-refractivity contribution is -0.127. The number of nitrogens with one attached hydrogen (secondary N) is 2. The van der Waals surface area contributed by atoms with Crippen molar-refractivity contribution < 1.29 is 18.8 Å². The second-order valence-electron chi connectivity index (χ2n) is 7.90. The van der Waals surface area contributed by atoms with E-state index in [1.54, 1.807) is 12.1 Å². The smallest absolute Gasteiger partial charge is 0.294 e. The Morgan fingerprint density at radius 3 is 2.66 bits per heavy atom. The van der Waals surface area contributed by atoms with Gasteiger partial charge in [0.1, 0.15) is 12.3 Å². The molecule has 10 heteroatoms. The van der Waals surface area contributed by atoms with Gasteiger partial charge in [0.05, 0.1) is 15.9 Å². The molecule has 1 aliphatic heterocycles. The highest BCUT2D eigenvalue weighted by Crippen LogP contribution is 2.34. The number of fused-ring (bicyclic) bond motifs is 1. The second kappa shape index (κ2) is 9.47. The minimum Gasteiger partial charge on any atom is -0.450 e. The Hall–Kier alpha value is -3.76. The van der Waals surface area contributed by atoms with E-state index in [9.17, 15) is 14.4 Å². The van der Waals surface area contributed by atoms with Crippen molar-refractivity contribution in [3.63, 3.8) is 0 Å². The first-order valence-corrected chi connectivity index (χ1v) is 12.3. The third-order valence-corrected chi connectivity index (χ3v) is 7.08. The van der Waals surface area contributed by atoms with Crippen molar-refractivity contribution >= 4 is 63.4 Å². The predicted molar refractivity (Wildman–Crippen MR) is 136 cm³/mol. The third-order valence-electron chi connectivity index (χ3n) is 5.36. The van der Waals surface area contributed by atoms with Crippen LogP contribution in [0.2, 0.25) is 0 Å². The average Bonchev–Trinajstić information content (AvgIpc) is 3.51. The number of aromatic nitrogens is 2. The largest absolute Gasteiger partial charge is 0.450 e. The molecule has 1 fully saturated rings. The SMILES string of the molecule is Cc1cccc(C)c1NC(=O)CN1C(=O)S/C(=C/c2ccc(Sc3nc4ccccc4[nH]3)o2)C1=O. The summed E-state index contributed by atoms with van der Waals surface area (Å²) < 4.78 is 5.80. The number of aromatic amines is 1. The first kappa shape index (κ1) is 23.0. The number of para-hydroxylation sites is 3. The summed E-state index contributed by atoms with van der Waals surface area (Å²) in [6, 6.07) is 16.9. The van der Waals surface area contributed by atoms with Crippen LogP contribution in [0.3, 0.4) is 0 Å². The van der Waals surface area contributed by atoms with E-state index in [-0.39, 0.29) is 11.4 Å². The highest BCUT2D eigenvalue weighted by atomic mass is 32.2. The number of hydrogen-bond donors (Lipinski definition) is 2. The molecule has 1 aliphatic rings. The number of aryl methyl sites for hydroxylation is 2. The Kier molecular flexibility index (Phi) is 6.23. The molecule has 0 saturated carbocycles. The van der Waals surface area contributed by atoms with Crippen molar-refractivity contribution in [2.45, 2.75) is 24.1 Å². The summed E-state index contributed by atoms with van der Waals surface area (Å²) in [6.45, 7) is 3.41. The van der Waals surface area contributed by atoms with Crippen LogP contribution in [-0.4, -0.2) is 38.5 Å². The van der Waals surface area contributed by atoms with E-state index in [2.05, 4.69) is 15.3 Å². The van der Waals surface area contributed by atoms with Gasteiger partial charge in [0.2, 0.25) is 5.91 Å². The van der Waals surface area contributed by atoms with Gasteiger partial charge in [0.15, 0.2) is 10.2 Å². The Morgan fingerprint density at radius 1 is 1.11 bits per heavy atom. The zero-order valence-corrected chi connectivity index (χ0v) is 20.5. The number of rotatable bonds is 6. The number of H-pyrrole nitrogens is 1. The molecule has 0 spiro atoms. The van der Waals surface area contributed by atoms with Gasteiger partial charge in [-0.3, -0.25) is 19.3 Å². The number of nitrogens with zero attached hydrogens (tertiary/aromatic N) is 2. The monoisotopic (exact) mass is 504 g/mol. The molecule has 3 amide bonds. The average molecular weight is 505 g/mol. The first-order chi connectivity index (χ1) is 16.9. The topological polar surface area (TPSA) is 108 Å². The molecule has 4 aromatic rings. The van der Waals surface area contributed by atoms with Crippen LogP contribution in [-0.2, 0) is 9.59 Å². The number of carbonyl (C=O) groups excluding carboxylic acids is 3. The van der Waals surface area contributed by atoms with Crippen molar-refractivity contribution in [3.05, 3.63) is 76.4 Å². The summed E-state index contributed by atoms with van der Waals surface area (Å²) in [6.07, 6.45) is 1.51. The Bertz CT molecular complexity index is 1450. The zero-order valence-electron chi connectivity index (χ0n) is 18.8. The van der Waals surface area contributed by atoms with E-state index < -0.39 is 17.1 Å². The van der Waals surface area contributed by atoms with Gasteiger partial charge < -0.3 is 14.7 Å². The van der Waals surface area contributed by atoms with Crippen molar-refractivity contribution in [1.29, 1.82) is 0 Å². The summed E-state index contributed by atoms with van der Waals surface area (Å²) in [5.41, 5.74) is 4.28. The van der Waals surface area contributed by atoms with Crippen LogP contribution in [0, 0.1) is 13.8 Å². The van der Waals surface area contributed by atoms with Crippen LogP contribution in [0.1, 0.15) is 16.9 Å². The molecule has 0 unspecified atom stereocenters. The van der Waals surface area contributed by atoms with Gasteiger partial charge in [-0.2, -0.15) is 0 Å². The molecule has 0 radical (unpaired) electrons. The van der Waals surface area contributed by atoms with E-state index in [1.165, 1.54) is 17.8 Å². The standard InChI is InChI=1S/C25H20N4O4S2/c1-14-6-5-7-15(2)22(14)28-20(30)13-29-23(31)19(34-25(29)32)12-16-10-11-21(33-16)35-24-26-17-8-3-4-9-18(17)27-24/h3-12H,13H2,1-2H3,(H,26,27)(H,28,30)/b19-12+. The van der Waals surface area contributed by atoms with Crippen molar-refractivity contribution in [3.8, 4) is 0 Å². The Morgan fingerprint density at radius 2 is 1.89 bits per heavy atom. The van der Waals surface area contributed by atoms with Crippen LogP contribution in [0.15, 0.2) is 74.2 Å². The summed E-state index contributed by atoms with van der Waals surface area (Å²) in [5, 5.41) is 3.57. The number of thioether (sulfide) groups is 1. The van der Waals surface area contributed by atoms with E-state index in [0.29, 0.717) is 21.7 Å². The number of furan rings is 1. The summed E-state index contributed by atoms with van der Waals surface area (Å²) in [7, 11) is 0. The minimum atomic E-state index is -0.528. The molecule has 3 heterocycles. The van der Waals surface area contributed by atoms with Gasteiger partial charge in [-0.05, 0) is 72.8 Å². The van der Waals surface area contributed by atoms with Gasteiger partial charge in [0.25, 0.3) is 11.1 Å². The van der Waals surface area contributed by atoms with Gasteiger partial charge >= 0.3 is 0 Å². The predicted octanol–water partition coefficient (Wildman–Crippen LogP) is 5.60. The summed E-state index contributed by atoms with van der Waals surface area (Å²) in [4.78, 5) is 46.7. The number of hydrogen-bond acceptors (Lipinski definition) is 7. The number of carbonyl (C=O) groups is 3. The number of imidazole rings is 1. The Balaban J connectivity index is 1.25. The molecule has 2 aromatic carbocycles. The fourth-order valence-electron chi connectivity index (χ4n) is 3.64. The fourth-order valence-corrected chi connectivity index (χ4v) is 5.23. The molecule has 0 aliphatic carbocycles. The third kappa shape index (κ3) is 4.89. The van der Waals surface area contributed by atoms with Crippen molar-refractivity contribution in [1.82, 2.24) is 14.9 Å². The molecular weight excluding hydrogens is 484 g/mol. The van der Waals surface area contributed by atoms with Crippen LogP contribution < -0.4 is 5.32 Å². The van der Waals surface area contributed by atoms with Crippen LogP contribution in [0.25, 0.3) is 17.1 Å². The number of imide groups is 1. The Labute approximate surface area is 209 Å². The molecule has 8 nitrogen and oxygen atoms in total. The van der Waals surface area contributed by atoms with Crippen molar-refractivity contribution in [2.75, 3.05) is 11.9 Å². The van der Waals surface area contributed by atoms with Crippen molar-refractivity contribution in [2.24, 2.45) is 0 Å². The lowest BCUT2D eigenvalue weighted by Gasteiger charge is -2.15. The summed E-state index contributed by atoms with van der Waals surface area (Å²) >= 11 is 2.10. The highest BCUT2D eigenvalue weighted by molar-refractivity contribution is 8.18. The molecule has 35 heavy (non-hydrogen) atoms. The fraction of sp³-hybridized carbons (Fsp3) is 0.120. The quantitative estimate of drug-likeness (QED) is 0.329. The maximum absolute atomic E-state index is 12.8. The van der Waals surface area contributed by atoms with Gasteiger partial charge in [-0.25, -0.2) is 4.98 Å². The number of benzene rings is 2. The molecule has 5 rings (SSSR count). The summed E-state index contributed by atoms with van der Waals surface area (Å²) in [5.74, 6) is -0.540. The van der Waals surface area contributed by atoms with Crippen LogP contribution >= 0.6 is 23.5 Å². The molecule has 176 valence electrons. The van der Waals surface area contributed by atoms with Gasteiger partial charge in [0, 0.05) is 11.8 Å². The number of amides is 3. The molecule has 2 N–H and O–H groups in total. The van der Waals surface area contributed by atoms with E-state index >= 15 is 0 Å². The lowest BCUT2D eigenvalue weighted by Crippen LogP contribution is -2.36. The molecular formula is C25H20N4O4S2. The minimum absolute atomic E-state index is 0.199. The first-order valence-electron chi connectivity index (χ1n) is 10.7. The van der Waals surface area contributed by atoms with Crippen LogP contribution in [0.4, 0.5) is 10.5 Å². The highest BCUT2D eigenvalue weighted by Gasteiger charge is 2.36. The van der Waals surface area contributed by atoms with E-state index in [0.717, 1.165) is 38.8 Å². The molecule has 0 bridgehead atoms. The van der Waals surface area contributed by atoms with Gasteiger partial charge in [-0.15, -0.1) is 0 Å².